The smallest absolute Gasteiger partial charge is 0.351 e. The van der Waals surface area contributed by atoms with E-state index < -0.39 is 5.97 Å². The van der Waals surface area contributed by atoms with Crippen molar-refractivity contribution in [1.29, 1.82) is 0 Å². The van der Waals surface area contributed by atoms with Gasteiger partial charge in [0.05, 0.1) is 20.3 Å². The van der Waals surface area contributed by atoms with Gasteiger partial charge in [-0.2, -0.15) is 4.98 Å². The van der Waals surface area contributed by atoms with Crippen LogP contribution in [-0.2, 0) is 9.47 Å². The Morgan fingerprint density at radius 2 is 2.53 bits per heavy atom. The molecular formula is C10H12ClNO4S. The molecule has 0 saturated carbocycles. The number of ether oxygens (including phenoxy) is 3. The highest BCUT2D eigenvalue weighted by atomic mass is 35.5. The standard InChI is InChI=1S/C10H12ClNO4S/c1-14-9(13)7-8(11)12-10(17-7)16-5-6-2-3-15-4-6/h6H,2-5H2,1H3. The SMILES string of the molecule is COC(=O)c1sc(OCC2CCOC2)nc1Cl. The zero-order valence-electron chi connectivity index (χ0n) is 9.27. The number of hydrogen-bond acceptors (Lipinski definition) is 6. The zero-order chi connectivity index (χ0) is 12.3. The second-order valence-electron chi connectivity index (χ2n) is 3.63. The summed E-state index contributed by atoms with van der Waals surface area (Å²) in [5, 5.41) is 0.516. The minimum Gasteiger partial charge on any atom is -0.470 e. The van der Waals surface area contributed by atoms with E-state index in [1.165, 1.54) is 7.11 Å². The molecular weight excluding hydrogens is 266 g/mol. The molecule has 0 spiro atoms. The number of thiazole rings is 1. The number of carbonyl (C=O) groups excluding carboxylic acids is 1. The van der Waals surface area contributed by atoms with Gasteiger partial charge in [0.1, 0.15) is 0 Å². The van der Waals surface area contributed by atoms with E-state index in [2.05, 4.69) is 9.72 Å². The molecule has 1 aliphatic heterocycles. The van der Waals surface area contributed by atoms with Crippen molar-refractivity contribution in [3.8, 4) is 5.19 Å². The maximum absolute atomic E-state index is 11.3. The molecule has 1 aromatic heterocycles. The van der Waals surface area contributed by atoms with Gasteiger partial charge in [0, 0.05) is 12.5 Å². The van der Waals surface area contributed by atoms with Crippen molar-refractivity contribution in [1.82, 2.24) is 4.98 Å². The Labute approximate surface area is 108 Å². The summed E-state index contributed by atoms with van der Waals surface area (Å²) in [5.74, 6) is -0.106. The molecule has 1 fully saturated rings. The van der Waals surface area contributed by atoms with Gasteiger partial charge in [0.15, 0.2) is 10.0 Å². The van der Waals surface area contributed by atoms with Gasteiger partial charge in [-0.15, -0.1) is 0 Å². The molecule has 2 heterocycles. The van der Waals surface area contributed by atoms with E-state index in [0.29, 0.717) is 24.3 Å². The molecule has 1 atom stereocenters. The first-order chi connectivity index (χ1) is 8.20. The minimum absolute atomic E-state index is 0.125. The lowest BCUT2D eigenvalue weighted by atomic mass is 10.1. The van der Waals surface area contributed by atoms with Crippen molar-refractivity contribution >= 4 is 28.9 Å². The van der Waals surface area contributed by atoms with Gasteiger partial charge >= 0.3 is 5.97 Å². The molecule has 7 heteroatoms. The molecule has 1 aliphatic rings. The fourth-order valence-corrected chi connectivity index (χ4v) is 2.52. The van der Waals surface area contributed by atoms with Crippen LogP contribution in [0.3, 0.4) is 0 Å². The first kappa shape index (κ1) is 12.6. The molecule has 0 bridgehead atoms. The van der Waals surface area contributed by atoms with Crippen LogP contribution < -0.4 is 4.74 Å². The molecule has 17 heavy (non-hydrogen) atoms. The van der Waals surface area contributed by atoms with Crippen molar-refractivity contribution in [2.45, 2.75) is 6.42 Å². The lowest BCUT2D eigenvalue weighted by Crippen LogP contribution is -2.11. The Morgan fingerprint density at radius 3 is 3.18 bits per heavy atom. The van der Waals surface area contributed by atoms with E-state index in [1.807, 2.05) is 0 Å². The Hall–Kier alpha value is -0.850. The largest absolute Gasteiger partial charge is 0.470 e. The molecule has 2 rings (SSSR count). The van der Waals surface area contributed by atoms with Crippen LogP contribution in [0.25, 0.3) is 0 Å². The van der Waals surface area contributed by atoms with Crippen LogP contribution in [0.5, 0.6) is 5.19 Å². The summed E-state index contributed by atoms with van der Waals surface area (Å²) >= 11 is 6.90. The van der Waals surface area contributed by atoms with Crippen molar-refractivity contribution in [2.24, 2.45) is 5.92 Å². The van der Waals surface area contributed by atoms with Crippen molar-refractivity contribution in [3.63, 3.8) is 0 Å². The van der Waals surface area contributed by atoms with Crippen molar-refractivity contribution in [3.05, 3.63) is 10.0 Å². The van der Waals surface area contributed by atoms with Crippen LogP contribution >= 0.6 is 22.9 Å². The van der Waals surface area contributed by atoms with Gasteiger partial charge in [0.25, 0.3) is 5.19 Å². The summed E-state index contributed by atoms with van der Waals surface area (Å²) in [6.45, 7) is 2.02. The Morgan fingerprint density at radius 1 is 1.71 bits per heavy atom. The highest BCUT2D eigenvalue weighted by Gasteiger charge is 2.20. The number of carbonyl (C=O) groups is 1. The molecule has 0 aliphatic carbocycles. The molecule has 1 aromatic rings. The third kappa shape index (κ3) is 3.08. The summed E-state index contributed by atoms with van der Waals surface area (Å²) in [4.78, 5) is 15.5. The van der Waals surface area contributed by atoms with Gasteiger partial charge in [-0.3, -0.25) is 0 Å². The zero-order valence-corrected chi connectivity index (χ0v) is 10.8. The number of esters is 1. The van der Waals surface area contributed by atoms with E-state index in [4.69, 9.17) is 21.1 Å². The highest BCUT2D eigenvalue weighted by molar-refractivity contribution is 7.15. The maximum atomic E-state index is 11.3. The number of rotatable bonds is 4. The van der Waals surface area contributed by atoms with E-state index in [9.17, 15) is 4.79 Å². The van der Waals surface area contributed by atoms with E-state index in [1.54, 1.807) is 0 Å². The molecule has 0 N–H and O–H groups in total. The lowest BCUT2D eigenvalue weighted by molar-refractivity contribution is 0.0606. The van der Waals surface area contributed by atoms with Gasteiger partial charge < -0.3 is 14.2 Å². The maximum Gasteiger partial charge on any atom is 0.351 e. The molecule has 5 nitrogen and oxygen atoms in total. The Bertz CT molecular complexity index is 403. The summed E-state index contributed by atoms with van der Waals surface area (Å²) in [6.07, 6.45) is 0.989. The predicted octanol–water partition coefficient (Wildman–Crippen LogP) is 2.00. The lowest BCUT2D eigenvalue weighted by Gasteiger charge is -2.06. The van der Waals surface area contributed by atoms with Gasteiger partial charge in [-0.05, 0) is 6.42 Å². The van der Waals surface area contributed by atoms with Crippen molar-refractivity contribution < 1.29 is 19.0 Å². The summed E-state index contributed by atoms with van der Waals surface area (Å²) < 4.78 is 15.3. The Kier molecular flexibility index (Phi) is 4.20. The molecule has 0 aromatic carbocycles. The van der Waals surface area contributed by atoms with E-state index in [0.717, 1.165) is 24.4 Å². The Balaban J connectivity index is 1.94. The second-order valence-corrected chi connectivity index (χ2v) is 4.95. The highest BCUT2D eigenvalue weighted by Crippen LogP contribution is 2.29. The minimum atomic E-state index is -0.494. The van der Waals surface area contributed by atoms with Crippen LogP contribution in [0.1, 0.15) is 16.1 Å². The average Bonchev–Trinajstić information content (AvgIpc) is 2.94. The molecule has 0 amide bonds. The molecule has 94 valence electrons. The summed E-state index contributed by atoms with van der Waals surface area (Å²) in [5.41, 5.74) is 0. The average molecular weight is 278 g/mol. The predicted molar refractivity (Wildman–Crippen MR) is 62.9 cm³/mol. The summed E-state index contributed by atoms with van der Waals surface area (Å²) in [7, 11) is 1.30. The number of aromatic nitrogens is 1. The third-order valence-electron chi connectivity index (χ3n) is 2.40. The first-order valence-electron chi connectivity index (χ1n) is 5.16. The normalized spacial score (nSPS) is 19.3. The number of hydrogen-bond donors (Lipinski definition) is 0. The van der Waals surface area contributed by atoms with Crippen LogP contribution in [0, 0.1) is 5.92 Å². The monoisotopic (exact) mass is 277 g/mol. The topological polar surface area (TPSA) is 57.7 Å². The van der Waals surface area contributed by atoms with E-state index in [-0.39, 0.29) is 10.0 Å². The second kappa shape index (κ2) is 5.66. The third-order valence-corrected chi connectivity index (χ3v) is 3.74. The van der Waals surface area contributed by atoms with Gasteiger partial charge in [-0.1, -0.05) is 22.9 Å². The van der Waals surface area contributed by atoms with Gasteiger partial charge in [-0.25, -0.2) is 4.79 Å². The molecule has 1 unspecified atom stereocenters. The fourth-order valence-electron chi connectivity index (χ4n) is 1.47. The fraction of sp³-hybridized carbons (Fsp3) is 0.600. The number of nitrogens with zero attached hydrogens (tertiary/aromatic N) is 1. The van der Waals surface area contributed by atoms with Crippen LogP contribution in [0.2, 0.25) is 5.15 Å². The summed E-state index contributed by atoms with van der Waals surface area (Å²) in [6, 6.07) is 0. The number of halogens is 1. The van der Waals surface area contributed by atoms with Crippen LogP contribution in [0.4, 0.5) is 0 Å². The number of methoxy groups -OCH3 is 1. The quantitative estimate of drug-likeness (QED) is 0.788. The van der Waals surface area contributed by atoms with Gasteiger partial charge in [0.2, 0.25) is 0 Å². The van der Waals surface area contributed by atoms with Crippen LogP contribution in [0.15, 0.2) is 0 Å². The first-order valence-corrected chi connectivity index (χ1v) is 6.35. The van der Waals surface area contributed by atoms with E-state index >= 15 is 0 Å². The molecule has 1 saturated heterocycles. The molecule has 0 radical (unpaired) electrons. The van der Waals surface area contributed by atoms with Crippen molar-refractivity contribution in [2.75, 3.05) is 26.9 Å². The van der Waals surface area contributed by atoms with Crippen LogP contribution in [-0.4, -0.2) is 37.9 Å².